The number of benzene rings is 2. The van der Waals surface area contributed by atoms with Crippen molar-refractivity contribution >= 4 is 33.1 Å². The topological polar surface area (TPSA) is 74.8 Å². The number of Topliss-reactive ketones (excluding diaryl/α,β-unsaturated/α-hetero) is 1. The smallest absolute Gasteiger partial charge is 0.248 e. The average Bonchev–Trinajstić information content (AvgIpc) is 2.94. The molecule has 0 saturated heterocycles. The molecule has 7 heteroatoms. The summed E-state index contributed by atoms with van der Waals surface area (Å²) in [6.07, 6.45) is 1.79. The van der Waals surface area contributed by atoms with Crippen LogP contribution in [0.5, 0.6) is 0 Å². The number of hydrogen-bond donors (Lipinski definition) is 0. The van der Waals surface area contributed by atoms with Crippen LogP contribution in [0.4, 0.5) is 11.4 Å². The van der Waals surface area contributed by atoms with Gasteiger partial charge in [-0.15, -0.1) is 0 Å². The number of amides is 1. The molecule has 1 atom stereocenters. The molecule has 0 fully saturated rings. The summed E-state index contributed by atoms with van der Waals surface area (Å²) < 4.78 is 25.8. The number of carbonyl (C=O) groups is 2. The lowest BCUT2D eigenvalue weighted by Crippen LogP contribution is -2.45. The molecule has 0 aromatic heterocycles. The first-order chi connectivity index (χ1) is 12.7. The Hall–Kier alpha value is -2.67. The normalized spacial score (nSPS) is 16.1. The van der Waals surface area contributed by atoms with Crippen LogP contribution in [0.15, 0.2) is 48.5 Å². The van der Waals surface area contributed by atoms with Crippen LogP contribution < -0.4 is 9.21 Å². The Kier molecular flexibility index (Phi) is 5.06. The lowest BCUT2D eigenvalue weighted by molar-refractivity contribution is -0.117. The van der Waals surface area contributed by atoms with Crippen LogP contribution in [0, 0.1) is 0 Å². The Balaban J connectivity index is 1.94. The quantitative estimate of drug-likeness (QED) is 0.741. The molecular formula is C20H22N2O4S. The molecule has 0 spiro atoms. The summed E-state index contributed by atoms with van der Waals surface area (Å²) in [4.78, 5) is 26.3. The van der Waals surface area contributed by atoms with Gasteiger partial charge in [-0.25, -0.2) is 8.42 Å². The Morgan fingerprint density at radius 3 is 2.52 bits per heavy atom. The Morgan fingerprint density at radius 2 is 1.85 bits per heavy atom. The molecule has 1 amide bonds. The number of anilines is 2. The summed E-state index contributed by atoms with van der Waals surface area (Å²) in [6, 6.07) is 13.9. The molecule has 0 saturated carbocycles. The molecule has 142 valence electrons. The van der Waals surface area contributed by atoms with Gasteiger partial charge in [0.25, 0.3) is 0 Å². The van der Waals surface area contributed by atoms with Crippen molar-refractivity contribution < 1.29 is 18.0 Å². The van der Waals surface area contributed by atoms with Crippen molar-refractivity contribution in [1.82, 2.24) is 0 Å². The van der Waals surface area contributed by atoms with Crippen LogP contribution in [-0.2, 0) is 21.2 Å². The largest absolute Gasteiger partial charge is 0.307 e. The Labute approximate surface area is 159 Å². The van der Waals surface area contributed by atoms with E-state index in [0.717, 1.165) is 28.2 Å². The molecular weight excluding hydrogens is 364 g/mol. The molecule has 0 radical (unpaired) electrons. The van der Waals surface area contributed by atoms with E-state index in [9.17, 15) is 18.0 Å². The minimum atomic E-state index is -3.71. The molecule has 0 N–H and O–H groups in total. The van der Waals surface area contributed by atoms with Crippen molar-refractivity contribution in [3.8, 4) is 0 Å². The van der Waals surface area contributed by atoms with E-state index in [4.69, 9.17) is 0 Å². The van der Waals surface area contributed by atoms with E-state index < -0.39 is 10.0 Å². The van der Waals surface area contributed by atoms with E-state index in [2.05, 4.69) is 0 Å². The van der Waals surface area contributed by atoms with Crippen molar-refractivity contribution in [3.63, 3.8) is 0 Å². The Morgan fingerprint density at radius 1 is 1.15 bits per heavy atom. The Bertz CT molecular complexity index is 1000. The number of nitrogens with zero attached hydrogens (tertiary/aromatic N) is 2. The van der Waals surface area contributed by atoms with Crippen molar-refractivity contribution in [2.45, 2.75) is 26.3 Å². The molecule has 3 rings (SSSR count). The fourth-order valence-electron chi connectivity index (χ4n) is 3.42. The second-order valence-electron chi connectivity index (χ2n) is 6.82. The van der Waals surface area contributed by atoms with Crippen molar-refractivity contribution in [3.05, 3.63) is 59.7 Å². The molecule has 2 aromatic rings. The van der Waals surface area contributed by atoms with Crippen LogP contribution in [0.25, 0.3) is 0 Å². The zero-order valence-corrected chi connectivity index (χ0v) is 16.4. The van der Waals surface area contributed by atoms with Crippen LogP contribution in [-0.4, -0.2) is 39.0 Å². The number of carbonyl (C=O) groups excluding carboxylic acids is 2. The third kappa shape index (κ3) is 3.88. The molecule has 1 unspecified atom stereocenters. The first-order valence-electron chi connectivity index (χ1n) is 8.67. The van der Waals surface area contributed by atoms with Crippen molar-refractivity contribution in [2.24, 2.45) is 0 Å². The molecule has 6 nitrogen and oxygen atoms in total. The van der Waals surface area contributed by atoms with Gasteiger partial charge in [-0.05, 0) is 44.0 Å². The molecule has 27 heavy (non-hydrogen) atoms. The van der Waals surface area contributed by atoms with Gasteiger partial charge in [0.05, 0.1) is 11.9 Å². The minimum absolute atomic E-state index is 0.0418. The predicted molar refractivity (Wildman–Crippen MR) is 106 cm³/mol. The first-order valence-corrected chi connectivity index (χ1v) is 10.5. The van der Waals surface area contributed by atoms with E-state index in [1.807, 2.05) is 31.2 Å². The predicted octanol–water partition coefficient (Wildman–Crippen LogP) is 2.63. The highest BCUT2D eigenvalue weighted by Gasteiger charge is 2.33. The average molecular weight is 386 g/mol. The highest BCUT2D eigenvalue weighted by Crippen LogP contribution is 2.32. The summed E-state index contributed by atoms with van der Waals surface area (Å²) in [6.45, 7) is 3.04. The van der Waals surface area contributed by atoms with Gasteiger partial charge in [0, 0.05) is 17.3 Å². The number of fused-ring (bicyclic) bond motifs is 1. The lowest BCUT2D eigenvalue weighted by Gasteiger charge is -2.28. The van der Waals surface area contributed by atoms with Crippen molar-refractivity contribution in [1.29, 1.82) is 0 Å². The maximum absolute atomic E-state index is 13.0. The maximum atomic E-state index is 13.0. The molecule has 2 aromatic carbocycles. The van der Waals surface area contributed by atoms with Crippen LogP contribution in [0.2, 0.25) is 0 Å². The van der Waals surface area contributed by atoms with Gasteiger partial charge in [0.2, 0.25) is 15.9 Å². The molecule has 0 aliphatic carbocycles. The molecule has 1 heterocycles. The van der Waals surface area contributed by atoms with Gasteiger partial charge < -0.3 is 4.90 Å². The molecule has 0 bridgehead atoms. The second kappa shape index (κ2) is 7.15. The van der Waals surface area contributed by atoms with Gasteiger partial charge in [0.15, 0.2) is 5.78 Å². The third-order valence-corrected chi connectivity index (χ3v) is 5.84. The number of rotatable bonds is 5. The minimum Gasteiger partial charge on any atom is -0.307 e. The third-order valence-electron chi connectivity index (χ3n) is 4.70. The highest BCUT2D eigenvalue weighted by atomic mass is 32.2. The summed E-state index contributed by atoms with van der Waals surface area (Å²) in [5.74, 6) is -0.468. The summed E-state index contributed by atoms with van der Waals surface area (Å²) >= 11 is 0. The standard InChI is InChI=1S/C20H22N2O4S/c1-14-11-17-7-4-5-10-19(17)22(14)20(24)13-21(27(3,25)26)18-9-6-8-16(12-18)15(2)23/h4-10,12,14H,11,13H2,1-3H3. The van der Waals surface area contributed by atoms with Gasteiger partial charge in [0.1, 0.15) is 6.54 Å². The van der Waals surface area contributed by atoms with Crippen LogP contribution in [0.1, 0.15) is 29.8 Å². The van der Waals surface area contributed by atoms with E-state index in [1.54, 1.807) is 23.1 Å². The van der Waals surface area contributed by atoms with Crippen LogP contribution in [0.3, 0.4) is 0 Å². The summed E-state index contributed by atoms with van der Waals surface area (Å²) in [5.41, 5.74) is 2.59. The van der Waals surface area contributed by atoms with E-state index >= 15 is 0 Å². The number of sulfonamides is 1. The maximum Gasteiger partial charge on any atom is 0.248 e. The molecule has 1 aliphatic rings. The van der Waals surface area contributed by atoms with Gasteiger partial charge in [-0.2, -0.15) is 0 Å². The zero-order valence-electron chi connectivity index (χ0n) is 15.5. The van der Waals surface area contributed by atoms with Crippen molar-refractivity contribution in [2.75, 3.05) is 22.0 Å². The lowest BCUT2D eigenvalue weighted by atomic mass is 10.1. The highest BCUT2D eigenvalue weighted by molar-refractivity contribution is 7.92. The molecule has 1 aliphatic heterocycles. The van der Waals surface area contributed by atoms with E-state index in [1.165, 1.54) is 13.0 Å². The fourth-order valence-corrected chi connectivity index (χ4v) is 4.27. The number of ketones is 1. The summed E-state index contributed by atoms with van der Waals surface area (Å²) in [7, 11) is -3.71. The van der Waals surface area contributed by atoms with Crippen LogP contribution >= 0.6 is 0 Å². The summed E-state index contributed by atoms with van der Waals surface area (Å²) in [5, 5.41) is 0. The van der Waals surface area contributed by atoms with Gasteiger partial charge >= 0.3 is 0 Å². The SMILES string of the molecule is CC(=O)c1cccc(N(CC(=O)N2c3ccccc3CC2C)S(C)(=O)=O)c1. The van der Waals surface area contributed by atoms with E-state index in [-0.39, 0.29) is 24.3 Å². The number of para-hydroxylation sites is 1. The van der Waals surface area contributed by atoms with E-state index in [0.29, 0.717) is 11.3 Å². The zero-order chi connectivity index (χ0) is 19.8. The van der Waals surface area contributed by atoms with Gasteiger partial charge in [-0.3, -0.25) is 13.9 Å². The monoisotopic (exact) mass is 386 g/mol. The van der Waals surface area contributed by atoms with Gasteiger partial charge in [-0.1, -0.05) is 30.3 Å². The number of hydrogen-bond acceptors (Lipinski definition) is 4. The first kappa shape index (κ1) is 19.1. The fraction of sp³-hybridized carbons (Fsp3) is 0.300. The second-order valence-corrected chi connectivity index (χ2v) is 8.73.